The van der Waals surface area contributed by atoms with Crippen LogP contribution >= 0.6 is 11.6 Å². The second-order valence-electron chi connectivity index (χ2n) is 3.43. The maximum absolute atomic E-state index is 5.95. The van der Waals surface area contributed by atoms with Gasteiger partial charge in [0.05, 0.1) is 6.61 Å². The minimum atomic E-state index is 0.753. The van der Waals surface area contributed by atoms with Gasteiger partial charge in [0.25, 0.3) is 0 Å². The molecule has 0 radical (unpaired) electrons. The van der Waals surface area contributed by atoms with E-state index in [1.165, 1.54) is 0 Å². The van der Waals surface area contributed by atoms with E-state index in [1.54, 1.807) is 0 Å². The minimum Gasteiger partial charge on any atom is -0.493 e. The molecule has 0 N–H and O–H groups in total. The first-order valence-electron chi connectivity index (χ1n) is 5.30. The predicted octanol–water partition coefficient (Wildman–Crippen LogP) is 4.25. The Morgan fingerprint density at radius 1 is 1.47 bits per heavy atom. The number of halogens is 1. The molecule has 0 saturated carbocycles. The normalized spacial score (nSPS) is 10.0. The molecule has 0 spiro atoms. The lowest BCUT2D eigenvalue weighted by Gasteiger charge is -2.10. The molecule has 82 valence electrons. The smallest absolute Gasteiger partial charge is 0.122 e. The molecule has 0 aliphatic heterocycles. The first kappa shape index (κ1) is 12.1. The Hall–Kier alpha value is -0.950. The summed E-state index contributed by atoms with van der Waals surface area (Å²) >= 11 is 5.95. The molecular weight excluding hydrogens is 208 g/mol. The van der Waals surface area contributed by atoms with E-state index in [9.17, 15) is 0 Å². The molecule has 0 aromatic heterocycles. The van der Waals surface area contributed by atoms with Crippen molar-refractivity contribution in [2.45, 2.75) is 26.2 Å². The highest BCUT2D eigenvalue weighted by Gasteiger charge is 2.03. The van der Waals surface area contributed by atoms with Gasteiger partial charge in [0.1, 0.15) is 5.75 Å². The molecule has 0 amide bonds. The van der Waals surface area contributed by atoms with E-state index in [-0.39, 0.29) is 0 Å². The number of ether oxygens (including phenoxy) is 1. The molecule has 1 aromatic carbocycles. The molecule has 1 nitrogen and oxygen atoms in total. The molecule has 0 saturated heterocycles. The van der Waals surface area contributed by atoms with Crippen LogP contribution in [0.5, 0.6) is 5.75 Å². The molecule has 0 bridgehead atoms. The molecule has 2 heteroatoms. The van der Waals surface area contributed by atoms with Crippen LogP contribution < -0.4 is 4.74 Å². The maximum Gasteiger partial charge on any atom is 0.122 e. The molecule has 15 heavy (non-hydrogen) atoms. The third-order valence-electron chi connectivity index (χ3n) is 2.10. The summed E-state index contributed by atoms with van der Waals surface area (Å²) in [6.07, 6.45) is 4.81. The first-order valence-corrected chi connectivity index (χ1v) is 5.67. The maximum atomic E-state index is 5.95. The van der Waals surface area contributed by atoms with Gasteiger partial charge in [0.2, 0.25) is 0 Å². The van der Waals surface area contributed by atoms with Gasteiger partial charge < -0.3 is 4.74 Å². The number of hydrogen-bond acceptors (Lipinski definition) is 1. The van der Waals surface area contributed by atoms with E-state index in [4.69, 9.17) is 16.3 Å². The topological polar surface area (TPSA) is 9.23 Å². The zero-order chi connectivity index (χ0) is 11.1. The van der Waals surface area contributed by atoms with E-state index < -0.39 is 0 Å². The number of aryl methyl sites for hydroxylation is 1. The second kappa shape index (κ2) is 6.52. The largest absolute Gasteiger partial charge is 0.493 e. The Morgan fingerprint density at radius 3 is 2.93 bits per heavy atom. The SMILES string of the molecule is C=CCCc1cc(Cl)ccc1OCCC. The summed E-state index contributed by atoms with van der Waals surface area (Å²) < 4.78 is 5.65. The summed E-state index contributed by atoms with van der Waals surface area (Å²) in [5, 5.41) is 0.762. The van der Waals surface area contributed by atoms with Crippen molar-refractivity contribution < 1.29 is 4.74 Å². The summed E-state index contributed by atoms with van der Waals surface area (Å²) in [6.45, 7) is 6.57. The van der Waals surface area contributed by atoms with Gasteiger partial charge in [0, 0.05) is 5.02 Å². The average molecular weight is 225 g/mol. The van der Waals surface area contributed by atoms with Crippen LogP contribution in [0.4, 0.5) is 0 Å². The van der Waals surface area contributed by atoms with Crippen molar-refractivity contribution in [3.05, 3.63) is 41.4 Å². The zero-order valence-electron chi connectivity index (χ0n) is 9.13. The van der Waals surface area contributed by atoms with Crippen LogP contribution in [0.25, 0.3) is 0 Å². The highest BCUT2D eigenvalue weighted by molar-refractivity contribution is 6.30. The molecule has 0 aliphatic carbocycles. The van der Waals surface area contributed by atoms with E-state index >= 15 is 0 Å². The summed E-state index contributed by atoms with van der Waals surface area (Å²) in [5.41, 5.74) is 1.16. The van der Waals surface area contributed by atoms with Crippen molar-refractivity contribution in [3.63, 3.8) is 0 Å². The molecular formula is C13H17ClO. The van der Waals surface area contributed by atoms with Crippen LogP contribution in [0.3, 0.4) is 0 Å². The van der Waals surface area contributed by atoms with Crippen molar-refractivity contribution in [1.82, 2.24) is 0 Å². The third kappa shape index (κ3) is 3.96. The van der Waals surface area contributed by atoms with Gasteiger partial charge in [-0.25, -0.2) is 0 Å². The Kier molecular flexibility index (Phi) is 5.27. The lowest BCUT2D eigenvalue weighted by Crippen LogP contribution is -1.98. The van der Waals surface area contributed by atoms with Gasteiger partial charge in [-0.15, -0.1) is 6.58 Å². The van der Waals surface area contributed by atoms with Crippen LogP contribution in [-0.2, 0) is 6.42 Å². The van der Waals surface area contributed by atoms with Crippen molar-refractivity contribution in [1.29, 1.82) is 0 Å². The van der Waals surface area contributed by atoms with E-state index in [0.717, 1.165) is 42.2 Å². The molecule has 1 aromatic rings. The van der Waals surface area contributed by atoms with Crippen LogP contribution in [0.15, 0.2) is 30.9 Å². The van der Waals surface area contributed by atoms with Crippen LogP contribution in [0, 0.1) is 0 Å². The van der Waals surface area contributed by atoms with Crippen molar-refractivity contribution in [2.24, 2.45) is 0 Å². The van der Waals surface area contributed by atoms with Crippen LogP contribution in [-0.4, -0.2) is 6.61 Å². The predicted molar refractivity (Wildman–Crippen MR) is 65.8 cm³/mol. The van der Waals surface area contributed by atoms with Crippen molar-refractivity contribution >= 4 is 11.6 Å². The van der Waals surface area contributed by atoms with E-state index in [0.29, 0.717) is 0 Å². The molecule has 0 aliphatic rings. The average Bonchev–Trinajstić information content (AvgIpc) is 2.25. The lowest BCUT2D eigenvalue weighted by molar-refractivity contribution is 0.314. The van der Waals surface area contributed by atoms with Crippen molar-refractivity contribution in [3.8, 4) is 5.75 Å². The van der Waals surface area contributed by atoms with Crippen LogP contribution in [0.1, 0.15) is 25.3 Å². The summed E-state index contributed by atoms with van der Waals surface area (Å²) in [5.74, 6) is 0.947. The third-order valence-corrected chi connectivity index (χ3v) is 2.34. The van der Waals surface area contributed by atoms with Gasteiger partial charge in [-0.2, -0.15) is 0 Å². The lowest BCUT2D eigenvalue weighted by atomic mass is 10.1. The Morgan fingerprint density at radius 2 is 2.27 bits per heavy atom. The zero-order valence-corrected chi connectivity index (χ0v) is 9.89. The number of benzene rings is 1. The quantitative estimate of drug-likeness (QED) is 0.657. The Bertz CT molecular complexity index is 320. The molecule has 0 fully saturated rings. The van der Waals surface area contributed by atoms with Crippen LogP contribution in [0.2, 0.25) is 5.02 Å². The van der Waals surface area contributed by atoms with Crippen molar-refractivity contribution in [2.75, 3.05) is 6.61 Å². The van der Waals surface area contributed by atoms with Gasteiger partial charge in [0.15, 0.2) is 0 Å². The molecule has 0 heterocycles. The standard InChI is InChI=1S/C13H17ClO/c1-3-5-6-11-10-12(14)7-8-13(11)15-9-4-2/h3,7-8,10H,1,4-6,9H2,2H3. The minimum absolute atomic E-state index is 0.753. The Labute approximate surface area is 96.7 Å². The summed E-state index contributed by atoms with van der Waals surface area (Å²) in [7, 11) is 0. The molecule has 0 unspecified atom stereocenters. The number of allylic oxidation sites excluding steroid dienone is 1. The summed E-state index contributed by atoms with van der Waals surface area (Å²) in [4.78, 5) is 0. The highest BCUT2D eigenvalue weighted by Crippen LogP contribution is 2.24. The fourth-order valence-corrected chi connectivity index (χ4v) is 1.55. The van der Waals surface area contributed by atoms with Gasteiger partial charge >= 0.3 is 0 Å². The number of rotatable bonds is 6. The van der Waals surface area contributed by atoms with E-state index in [1.807, 2.05) is 24.3 Å². The summed E-state index contributed by atoms with van der Waals surface area (Å²) in [6, 6.07) is 5.77. The van der Waals surface area contributed by atoms with Gasteiger partial charge in [-0.05, 0) is 43.0 Å². The van der Waals surface area contributed by atoms with Gasteiger partial charge in [-0.3, -0.25) is 0 Å². The molecule has 0 atom stereocenters. The monoisotopic (exact) mass is 224 g/mol. The second-order valence-corrected chi connectivity index (χ2v) is 3.86. The fourth-order valence-electron chi connectivity index (χ4n) is 1.35. The Balaban J connectivity index is 2.77. The van der Waals surface area contributed by atoms with Gasteiger partial charge in [-0.1, -0.05) is 24.6 Å². The van der Waals surface area contributed by atoms with E-state index in [2.05, 4.69) is 13.5 Å². The first-order chi connectivity index (χ1) is 7.27. The fraction of sp³-hybridized carbons (Fsp3) is 0.385. The number of hydrogen-bond donors (Lipinski definition) is 0. The highest BCUT2D eigenvalue weighted by atomic mass is 35.5. The molecule has 1 rings (SSSR count).